The number of nitrogens with zero attached hydrogens (tertiary/aromatic N) is 3. The van der Waals surface area contributed by atoms with E-state index in [1.807, 2.05) is 37.3 Å². The average molecular weight is 510 g/mol. The quantitative estimate of drug-likeness (QED) is 0.324. The number of hydrogen-bond donors (Lipinski definition) is 0. The Kier molecular flexibility index (Phi) is 7.59. The topological polar surface area (TPSA) is 72.3 Å². The van der Waals surface area contributed by atoms with Crippen molar-refractivity contribution in [1.29, 1.82) is 0 Å². The Morgan fingerprint density at radius 3 is 2.11 bits per heavy atom. The predicted octanol–water partition coefficient (Wildman–Crippen LogP) is 4.85. The molecule has 0 saturated carbocycles. The second-order valence-corrected chi connectivity index (χ2v) is 10.2. The van der Waals surface area contributed by atoms with Crippen molar-refractivity contribution in [3.8, 4) is 0 Å². The highest BCUT2D eigenvalue weighted by molar-refractivity contribution is 7.90. The van der Waals surface area contributed by atoms with Crippen molar-refractivity contribution in [2.45, 2.75) is 30.9 Å². The standard InChI is InChI=1S/C27H25F2N3O3S/c1-2-31(26(33)22-10-14-24(29)15-11-22)18-25-16-30-27(32(25)17-20-6-4-3-5-7-20)36(34,35)19-21-8-12-23(28)13-9-21/h3-16H,2,17-19H2,1H3. The first kappa shape index (κ1) is 25.2. The Labute approximate surface area is 208 Å². The third-order valence-electron chi connectivity index (χ3n) is 5.75. The summed E-state index contributed by atoms with van der Waals surface area (Å²) in [6, 6.07) is 19.9. The molecule has 1 heterocycles. The number of hydrogen-bond acceptors (Lipinski definition) is 4. The van der Waals surface area contributed by atoms with E-state index in [0.29, 0.717) is 23.4 Å². The Morgan fingerprint density at radius 1 is 0.889 bits per heavy atom. The van der Waals surface area contributed by atoms with Crippen molar-refractivity contribution < 1.29 is 22.0 Å². The second-order valence-electron chi connectivity index (χ2n) is 8.32. The van der Waals surface area contributed by atoms with Crippen LogP contribution in [0, 0.1) is 11.6 Å². The highest BCUT2D eigenvalue weighted by atomic mass is 32.2. The van der Waals surface area contributed by atoms with E-state index in [2.05, 4.69) is 4.98 Å². The van der Waals surface area contributed by atoms with E-state index in [1.165, 1.54) is 54.7 Å². The molecule has 9 heteroatoms. The van der Waals surface area contributed by atoms with Gasteiger partial charge in [0, 0.05) is 12.1 Å². The Hall–Kier alpha value is -3.85. The normalized spacial score (nSPS) is 11.4. The zero-order chi connectivity index (χ0) is 25.7. The summed E-state index contributed by atoms with van der Waals surface area (Å²) < 4.78 is 54.9. The number of imidazole rings is 1. The van der Waals surface area contributed by atoms with Crippen molar-refractivity contribution in [2.75, 3.05) is 6.54 Å². The molecule has 1 aromatic heterocycles. The van der Waals surface area contributed by atoms with E-state index < -0.39 is 21.5 Å². The van der Waals surface area contributed by atoms with Crippen LogP contribution in [0.4, 0.5) is 8.78 Å². The maximum Gasteiger partial charge on any atom is 0.254 e. The van der Waals surface area contributed by atoms with Gasteiger partial charge in [0.2, 0.25) is 15.0 Å². The Bertz CT molecular complexity index is 1440. The van der Waals surface area contributed by atoms with Gasteiger partial charge in [-0.1, -0.05) is 42.5 Å². The first-order valence-electron chi connectivity index (χ1n) is 11.4. The molecule has 0 unspecified atom stereocenters. The number of rotatable bonds is 9. The molecule has 0 bridgehead atoms. The van der Waals surface area contributed by atoms with E-state index in [9.17, 15) is 22.0 Å². The molecule has 0 aliphatic carbocycles. The van der Waals surface area contributed by atoms with Gasteiger partial charge in [-0.05, 0) is 54.4 Å². The zero-order valence-electron chi connectivity index (χ0n) is 19.6. The number of sulfone groups is 1. The van der Waals surface area contributed by atoms with Crippen LogP contribution >= 0.6 is 0 Å². The summed E-state index contributed by atoms with van der Waals surface area (Å²) in [5.41, 5.74) is 2.17. The number of carbonyl (C=O) groups is 1. The van der Waals surface area contributed by atoms with Gasteiger partial charge in [0.15, 0.2) is 0 Å². The van der Waals surface area contributed by atoms with Crippen LogP contribution in [-0.2, 0) is 28.7 Å². The molecule has 0 radical (unpaired) electrons. The summed E-state index contributed by atoms with van der Waals surface area (Å²) in [4.78, 5) is 18.8. The minimum absolute atomic E-state index is 0.110. The summed E-state index contributed by atoms with van der Waals surface area (Å²) in [5, 5.41) is -0.129. The molecule has 36 heavy (non-hydrogen) atoms. The average Bonchev–Trinajstić information content (AvgIpc) is 3.27. The van der Waals surface area contributed by atoms with Crippen molar-refractivity contribution >= 4 is 15.7 Å². The Morgan fingerprint density at radius 2 is 1.50 bits per heavy atom. The summed E-state index contributed by atoms with van der Waals surface area (Å²) in [6.45, 7) is 2.50. The van der Waals surface area contributed by atoms with Gasteiger partial charge in [-0.2, -0.15) is 0 Å². The lowest BCUT2D eigenvalue weighted by atomic mass is 10.2. The van der Waals surface area contributed by atoms with Gasteiger partial charge in [-0.3, -0.25) is 4.79 Å². The smallest absolute Gasteiger partial charge is 0.254 e. The molecule has 3 aromatic carbocycles. The fourth-order valence-corrected chi connectivity index (χ4v) is 5.36. The SMILES string of the molecule is CCN(Cc1cnc(S(=O)(=O)Cc2ccc(F)cc2)n1Cc1ccccc1)C(=O)c1ccc(F)cc1. The predicted molar refractivity (Wildman–Crippen MR) is 132 cm³/mol. The number of halogens is 2. The summed E-state index contributed by atoms with van der Waals surface area (Å²) in [7, 11) is -3.89. The molecule has 4 rings (SSSR count). The number of amides is 1. The fraction of sp³-hybridized carbons (Fsp3) is 0.185. The fourth-order valence-electron chi connectivity index (χ4n) is 3.86. The molecule has 0 N–H and O–H groups in total. The molecule has 0 aliphatic rings. The van der Waals surface area contributed by atoms with Crippen LogP contribution in [0.1, 0.15) is 34.1 Å². The van der Waals surface area contributed by atoms with Crippen LogP contribution in [0.25, 0.3) is 0 Å². The molecule has 186 valence electrons. The van der Waals surface area contributed by atoms with Gasteiger partial charge in [0.1, 0.15) is 11.6 Å². The van der Waals surface area contributed by atoms with Crippen molar-refractivity contribution in [2.24, 2.45) is 0 Å². The Balaban J connectivity index is 1.68. The number of benzene rings is 3. The van der Waals surface area contributed by atoms with Crippen LogP contribution in [0.15, 0.2) is 90.2 Å². The molecule has 4 aromatic rings. The minimum atomic E-state index is -3.89. The van der Waals surface area contributed by atoms with Gasteiger partial charge in [0.05, 0.1) is 30.7 Å². The number of carbonyl (C=O) groups excluding carboxylic acids is 1. The highest BCUT2D eigenvalue weighted by Gasteiger charge is 2.26. The van der Waals surface area contributed by atoms with Crippen molar-refractivity contribution in [1.82, 2.24) is 14.5 Å². The summed E-state index contributed by atoms with van der Waals surface area (Å²) in [6.07, 6.45) is 1.46. The van der Waals surface area contributed by atoms with Crippen molar-refractivity contribution in [3.05, 3.63) is 119 Å². The highest BCUT2D eigenvalue weighted by Crippen LogP contribution is 2.21. The number of aromatic nitrogens is 2. The third-order valence-corrected chi connectivity index (χ3v) is 7.34. The molecular formula is C27H25F2N3O3S. The summed E-state index contributed by atoms with van der Waals surface area (Å²) >= 11 is 0. The van der Waals surface area contributed by atoms with Crippen LogP contribution in [-0.4, -0.2) is 35.3 Å². The maximum absolute atomic E-state index is 13.4. The van der Waals surface area contributed by atoms with Gasteiger partial charge >= 0.3 is 0 Å². The largest absolute Gasteiger partial charge is 0.333 e. The lowest BCUT2D eigenvalue weighted by Crippen LogP contribution is -2.31. The molecule has 0 saturated heterocycles. The van der Waals surface area contributed by atoms with Crippen LogP contribution in [0.5, 0.6) is 0 Å². The molecule has 0 fully saturated rings. The molecule has 0 spiro atoms. The monoisotopic (exact) mass is 509 g/mol. The van der Waals surface area contributed by atoms with E-state index >= 15 is 0 Å². The van der Waals surface area contributed by atoms with Crippen LogP contribution in [0.2, 0.25) is 0 Å². The lowest BCUT2D eigenvalue weighted by molar-refractivity contribution is 0.0748. The second kappa shape index (κ2) is 10.8. The summed E-state index contributed by atoms with van der Waals surface area (Å²) in [5.74, 6) is -1.54. The first-order valence-corrected chi connectivity index (χ1v) is 13.0. The molecule has 1 amide bonds. The van der Waals surface area contributed by atoms with Gasteiger partial charge in [-0.15, -0.1) is 0 Å². The molecular weight excluding hydrogens is 484 g/mol. The lowest BCUT2D eigenvalue weighted by Gasteiger charge is -2.22. The van der Waals surface area contributed by atoms with Crippen molar-refractivity contribution in [3.63, 3.8) is 0 Å². The molecule has 6 nitrogen and oxygen atoms in total. The van der Waals surface area contributed by atoms with Crippen LogP contribution < -0.4 is 0 Å². The maximum atomic E-state index is 13.4. The van der Waals surface area contributed by atoms with Gasteiger partial charge in [-0.25, -0.2) is 22.2 Å². The third kappa shape index (κ3) is 5.85. The molecule has 0 atom stereocenters. The van der Waals surface area contributed by atoms with E-state index in [4.69, 9.17) is 0 Å². The van der Waals surface area contributed by atoms with Gasteiger partial charge in [0.25, 0.3) is 5.91 Å². The first-order chi connectivity index (χ1) is 17.3. The van der Waals surface area contributed by atoms with E-state index in [0.717, 1.165) is 5.56 Å². The van der Waals surface area contributed by atoms with Crippen LogP contribution in [0.3, 0.4) is 0 Å². The molecule has 0 aliphatic heterocycles. The minimum Gasteiger partial charge on any atom is -0.333 e. The van der Waals surface area contributed by atoms with E-state index in [-0.39, 0.29) is 29.9 Å². The van der Waals surface area contributed by atoms with Gasteiger partial charge < -0.3 is 9.47 Å². The van der Waals surface area contributed by atoms with E-state index in [1.54, 1.807) is 9.47 Å². The zero-order valence-corrected chi connectivity index (χ0v) is 20.5.